The van der Waals surface area contributed by atoms with Gasteiger partial charge in [-0.25, -0.2) is 4.98 Å². The van der Waals surface area contributed by atoms with E-state index in [1.807, 2.05) is 39.2 Å². The van der Waals surface area contributed by atoms with E-state index in [0.717, 1.165) is 22.0 Å². The molecule has 1 N–H and O–H groups in total. The van der Waals surface area contributed by atoms with E-state index in [-0.39, 0.29) is 5.91 Å². The zero-order valence-electron chi connectivity index (χ0n) is 12.5. The molecule has 0 saturated carbocycles. The molecule has 0 unspecified atom stereocenters. The highest BCUT2D eigenvalue weighted by atomic mass is 32.1. The van der Waals surface area contributed by atoms with E-state index in [0.29, 0.717) is 11.4 Å². The van der Waals surface area contributed by atoms with Crippen molar-refractivity contribution in [3.8, 4) is 10.6 Å². The molecule has 3 rings (SSSR count). The highest BCUT2D eigenvalue weighted by Gasteiger charge is 2.14. The van der Waals surface area contributed by atoms with Crippen molar-refractivity contribution in [2.45, 2.75) is 13.8 Å². The lowest BCUT2D eigenvalue weighted by Gasteiger charge is -2.06. The molecule has 0 aromatic carbocycles. The molecule has 3 aromatic rings. The molecular weight excluding hydrogens is 298 g/mol. The van der Waals surface area contributed by atoms with Crippen molar-refractivity contribution < 1.29 is 4.79 Å². The highest BCUT2D eigenvalue weighted by molar-refractivity contribution is 7.13. The van der Waals surface area contributed by atoms with E-state index in [2.05, 4.69) is 20.4 Å². The summed E-state index contributed by atoms with van der Waals surface area (Å²) < 4.78 is 1.71. The summed E-state index contributed by atoms with van der Waals surface area (Å²) in [5, 5.41) is 9.47. The quantitative estimate of drug-likeness (QED) is 0.807. The topological polar surface area (TPSA) is 72.7 Å². The molecule has 6 nitrogen and oxygen atoms in total. The zero-order chi connectivity index (χ0) is 15.7. The lowest BCUT2D eigenvalue weighted by molar-refractivity contribution is 0.102. The number of nitrogens with one attached hydrogen (secondary N) is 1. The minimum atomic E-state index is -0.236. The Balaban J connectivity index is 1.79. The number of hydrogen-bond donors (Lipinski definition) is 1. The van der Waals surface area contributed by atoms with Gasteiger partial charge < -0.3 is 5.32 Å². The Hall–Kier alpha value is -2.54. The standard InChI is InChI=1S/C15H15N5OS/c1-9-4-5-12(10(2)17-9)18-14(21)13-8-22-15(19-13)11-6-16-20(3)7-11/h4-8H,1-3H3,(H,18,21). The van der Waals surface area contributed by atoms with Crippen molar-refractivity contribution >= 4 is 22.9 Å². The maximum Gasteiger partial charge on any atom is 0.275 e. The van der Waals surface area contributed by atoms with Crippen molar-refractivity contribution in [2.75, 3.05) is 5.32 Å². The van der Waals surface area contributed by atoms with Gasteiger partial charge in [-0.1, -0.05) is 0 Å². The molecule has 0 saturated heterocycles. The smallest absolute Gasteiger partial charge is 0.275 e. The third-order valence-corrected chi connectivity index (χ3v) is 4.05. The second-order valence-electron chi connectivity index (χ2n) is 4.98. The van der Waals surface area contributed by atoms with Gasteiger partial charge in [0.1, 0.15) is 10.7 Å². The number of thiazole rings is 1. The molecule has 0 atom stereocenters. The Bertz CT molecular complexity index is 836. The SMILES string of the molecule is Cc1ccc(NC(=O)c2csc(-c3cnn(C)c3)n2)c(C)n1. The summed E-state index contributed by atoms with van der Waals surface area (Å²) >= 11 is 1.42. The Labute approximate surface area is 131 Å². The van der Waals surface area contributed by atoms with Crippen molar-refractivity contribution in [1.29, 1.82) is 0 Å². The predicted molar refractivity (Wildman–Crippen MR) is 86.0 cm³/mol. The first-order valence-electron chi connectivity index (χ1n) is 6.73. The number of carbonyl (C=O) groups is 1. The van der Waals surface area contributed by atoms with Crippen LogP contribution in [-0.4, -0.2) is 25.7 Å². The predicted octanol–water partition coefficient (Wildman–Crippen LogP) is 2.81. The van der Waals surface area contributed by atoms with Gasteiger partial charge in [-0.3, -0.25) is 14.5 Å². The molecule has 3 aromatic heterocycles. The van der Waals surface area contributed by atoms with Crippen LogP contribution < -0.4 is 5.32 Å². The Morgan fingerprint density at radius 1 is 1.27 bits per heavy atom. The number of nitrogens with zero attached hydrogens (tertiary/aromatic N) is 4. The van der Waals surface area contributed by atoms with E-state index >= 15 is 0 Å². The zero-order valence-corrected chi connectivity index (χ0v) is 13.3. The van der Waals surface area contributed by atoms with Crippen molar-refractivity contribution in [3.63, 3.8) is 0 Å². The minimum Gasteiger partial charge on any atom is -0.319 e. The molecule has 22 heavy (non-hydrogen) atoms. The second kappa shape index (κ2) is 5.69. The Morgan fingerprint density at radius 2 is 2.09 bits per heavy atom. The number of hydrogen-bond acceptors (Lipinski definition) is 5. The van der Waals surface area contributed by atoms with Gasteiger partial charge in [0.2, 0.25) is 0 Å². The molecule has 112 valence electrons. The Morgan fingerprint density at radius 3 is 2.77 bits per heavy atom. The number of aryl methyl sites for hydroxylation is 3. The van der Waals surface area contributed by atoms with E-state index in [1.165, 1.54) is 11.3 Å². The fourth-order valence-electron chi connectivity index (χ4n) is 2.05. The van der Waals surface area contributed by atoms with Crippen LogP contribution >= 0.6 is 11.3 Å². The third kappa shape index (κ3) is 2.89. The average molecular weight is 313 g/mol. The number of amides is 1. The molecule has 0 aliphatic rings. The van der Waals surface area contributed by atoms with Gasteiger partial charge in [0.25, 0.3) is 5.91 Å². The largest absolute Gasteiger partial charge is 0.319 e. The molecule has 0 fully saturated rings. The first-order valence-corrected chi connectivity index (χ1v) is 7.61. The van der Waals surface area contributed by atoms with Crippen LogP contribution in [0.1, 0.15) is 21.9 Å². The number of carbonyl (C=O) groups excluding carboxylic acids is 1. The van der Waals surface area contributed by atoms with E-state index < -0.39 is 0 Å². The number of anilines is 1. The van der Waals surface area contributed by atoms with Gasteiger partial charge >= 0.3 is 0 Å². The summed E-state index contributed by atoms with van der Waals surface area (Å²) in [6, 6.07) is 3.72. The number of pyridine rings is 1. The molecule has 0 radical (unpaired) electrons. The van der Waals surface area contributed by atoms with Gasteiger partial charge in [-0.05, 0) is 26.0 Å². The van der Waals surface area contributed by atoms with Crippen LogP contribution in [-0.2, 0) is 7.05 Å². The average Bonchev–Trinajstić information content (AvgIpc) is 3.10. The summed E-state index contributed by atoms with van der Waals surface area (Å²) in [4.78, 5) is 21.0. The summed E-state index contributed by atoms with van der Waals surface area (Å²) in [5.74, 6) is -0.236. The molecule has 1 amide bonds. The summed E-state index contributed by atoms with van der Waals surface area (Å²) in [6.45, 7) is 3.78. The molecule has 7 heteroatoms. The monoisotopic (exact) mass is 313 g/mol. The summed E-state index contributed by atoms with van der Waals surface area (Å²) in [6.07, 6.45) is 3.60. The van der Waals surface area contributed by atoms with Gasteiger partial charge in [0.05, 0.1) is 17.6 Å². The van der Waals surface area contributed by atoms with E-state index in [9.17, 15) is 4.79 Å². The van der Waals surface area contributed by atoms with Crippen LogP contribution in [0.25, 0.3) is 10.6 Å². The van der Waals surface area contributed by atoms with Crippen LogP contribution in [0.3, 0.4) is 0 Å². The van der Waals surface area contributed by atoms with Crippen molar-refractivity contribution in [1.82, 2.24) is 19.7 Å². The van der Waals surface area contributed by atoms with Crippen molar-refractivity contribution in [3.05, 3.63) is 47.0 Å². The van der Waals surface area contributed by atoms with Gasteiger partial charge in [0, 0.05) is 29.9 Å². The van der Waals surface area contributed by atoms with Gasteiger partial charge in [-0.2, -0.15) is 5.10 Å². The molecule has 3 heterocycles. The first kappa shape index (κ1) is 14.4. The van der Waals surface area contributed by atoms with Crippen LogP contribution in [0.2, 0.25) is 0 Å². The number of aromatic nitrogens is 4. The first-order chi connectivity index (χ1) is 10.5. The fourth-order valence-corrected chi connectivity index (χ4v) is 2.82. The molecular formula is C15H15N5OS. The third-order valence-electron chi connectivity index (χ3n) is 3.16. The van der Waals surface area contributed by atoms with Crippen molar-refractivity contribution in [2.24, 2.45) is 7.05 Å². The molecule has 0 aliphatic heterocycles. The molecule has 0 aliphatic carbocycles. The van der Waals surface area contributed by atoms with Crippen LogP contribution in [0.4, 0.5) is 5.69 Å². The van der Waals surface area contributed by atoms with Gasteiger partial charge in [-0.15, -0.1) is 11.3 Å². The maximum absolute atomic E-state index is 12.3. The highest BCUT2D eigenvalue weighted by Crippen LogP contribution is 2.23. The van der Waals surface area contributed by atoms with E-state index in [1.54, 1.807) is 16.3 Å². The van der Waals surface area contributed by atoms with Crippen LogP contribution in [0.15, 0.2) is 29.9 Å². The summed E-state index contributed by atoms with van der Waals surface area (Å²) in [7, 11) is 1.85. The second-order valence-corrected chi connectivity index (χ2v) is 5.84. The summed E-state index contributed by atoms with van der Waals surface area (Å²) in [5.41, 5.74) is 3.70. The minimum absolute atomic E-state index is 0.236. The van der Waals surface area contributed by atoms with Crippen LogP contribution in [0, 0.1) is 13.8 Å². The molecule has 0 bridgehead atoms. The maximum atomic E-state index is 12.3. The lowest BCUT2D eigenvalue weighted by atomic mass is 10.2. The van der Waals surface area contributed by atoms with E-state index in [4.69, 9.17) is 0 Å². The fraction of sp³-hybridized carbons (Fsp3) is 0.200. The lowest BCUT2D eigenvalue weighted by Crippen LogP contribution is -2.13. The van der Waals surface area contributed by atoms with Crippen LogP contribution in [0.5, 0.6) is 0 Å². The number of rotatable bonds is 3. The normalized spacial score (nSPS) is 10.7. The Kier molecular flexibility index (Phi) is 3.72. The molecule has 0 spiro atoms. The van der Waals surface area contributed by atoms with Gasteiger partial charge in [0.15, 0.2) is 0 Å².